The van der Waals surface area contributed by atoms with Crippen LogP contribution in [0.2, 0.25) is 0 Å². The Morgan fingerprint density at radius 2 is 1.56 bits per heavy atom. The molecule has 6 heteroatoms. The lowest BCUT2D eigenvalue weighted by Crippen LogP contribution is -2.59. The number of hydrogen-bond acceptors (Lipinski definition) is 6. The van der Waals surface area contributed by atoms with Crippen LogP contribution in [0.3, 0.4) is 0 Å². The summed E-state index contributed by atoms with van der Waals surface area (Å²) in [6.07, 6.45) is -2.48. The number of aliphatic hydroxyl groups excluding tert-OH is 2. The van der Waals surface area contributed by atoms with E-state index in [1.165, 1.54) is 21.3 Å². The maximum absolute atomic E-state index is 9.72. The molecule has 0 aromatic carbocycles. The van der Waals surface area contributed by atoms with Gasteiger partial charge in [-0.15, -0.1) is 0 Å². The molecule has 0 aromatic rings. The summed E-state index contributed by atoms with van der Waals surface area (Å²) in [5, 5.41) is 18.6. The van der Waals surface area contributed by atoms with Crippen molar-refractivity contribution < 1.29 is 29.2 Å². The number of rotatable bonds is 5. The second kappa shape index (κ2) is 6.48. The zero-order valence-corrected chi connectivity index (χ0v) is 9.83. The molecule has 2 unspecified atom stereocenters. The second-order valence-corrected chi connectivity index (χ2v) is 3.68. The molecule has 0 amide bonds. The first-order valence-corrected chi connectivity index (χ1v) is 5.22. The summed E-state index contributed by atoms with van der Waals surface area (Å²) < 4.78 is 21.0. The highest BCUT2D eigenvalue weighted by molar-refractivity contribution is 4.91. The van der Waals surface area contributed by atoms with Crippen LogP contribution < -0.4 is 0 Å². The first-order chi connectivity index (χ1) is 7.69. The topological polar surface area (TPSA) is 77.4 Å². The molecular weight excluding hydrogens is 216 g/mol. The van der Waals surface area contributed by atoms with Crippen LogP contribution in [-0.2, 0) is 18.9 Å². The Hall–Kier alpha value is -0.240. The van der Waals surface area contributed by atoms with Gasteiger partial charge in [0.1, 0.15) is 18.3 Å². The molecule has 2 N–H and O–H groups in total. The number of methoxy groups -OCH3 is 3. The van der Waals surface area contributed by atoms with Crippen LogP contribution in [0.4, 0.5) is 0 Å². The molecule has 0 radical (unpaired) electrons. The predicted molar refractivity (Wildman–Crippen MR) is 55.0 cm³/mol. The van der Waals surface area contributed by atoms with Crippen LogP contribution in [-0.4, -0.2) is 68.9 Å². The van der Waals surface area contributed by atoms with Crippen LogP contribution in [0.15, 0.2) is 0 Å². The lowest BCUT2D eigenvalue weighted by Gasteiger charge is -2.43. The molecule has 1 heterocycles. The maximum atomic E-state index is 9.72. The summed E-state index contributed by atoms with van der Waals surface area (Å²) >= 11 is 0. The summed E-state index contributed by atoms with van der Waals surface area (Å²) in [5.41, 5.74) is 0. The average molecular weight is 236 g/mol. The molecule has 0 saturated carbocycles. The number of hydrogen-bond donors (Lipinski definition) is 2. The zero-order chi connectivity index (χ0) is 12.1. The highest BCUT2D eigenvalue weighted by atomic mass is 16.7. The third-order valence-electron chi connectivity index (χ3n) is 2.84. The van der Waals surface area contributed by atoms with Crippen LogP contribution in [0.25, 0.3) is 0 Å². The van der Waals surface area contributed by atoms with E-state index in [2.05, 4.69) is 0 Å². The van der Waals surface area contributed by atoms with Crippen molar-refractivity contribution >= 4 is 0 Å². The lowest BCUT2D eigenvalue weighted by atomic mass is 9.96. The fraction of sp³-hybridized carbons (Fsp3) is 1.00. The Morgan fingerprint density at radius 3 is 2.00 bits per heavy atom. The van der Waals surface area contributed by atoms with E-state index in [9.17, 15) is 5.11 Å². The minimum atomic E-state index is -1.07. The number of aliphatic hydroxyl groups is 2. The van der Waals surface area contributed by atoms with Crippen LogP contribution >= 0.6 is 0 Å². The highest BCUT2D eigenvalue weighted by Crippen LogP contribution is 2.27. The van der Waals surface area contributed by atoms with Crippen LogP contribution in [0.5, 0.6) is 0 Å². The summed E-state index contributed by atoms with van der Waals surface area (Å²) in [6, 6.07) is 0. The van der Waals surface area contributed by atoms with Gasteiger partial charge in [-0.2, -0.15) is 0 Å². The first kappa shape index (κ1) is 13.8. The molecule has 5 atom stereocenters. The zero-order valence-electron chi connectivity index (χ0n) is 9.83. The highest BCUT2D eigenvalue weighted by Gasteiger charge is 2.46. The molecule has 16 heavy (non-hydrogen) atoms. The van der Waals surface area contributed by atoms with Crippen molar-refractivity contribution in [2.24, 2.45) is 0 Å². The van der Waals surface area contributed by atoms with E-state index >= 15 is 0 Å². The van der Waals surface area contributed by atoms with Gasteiger partial charge in [0.15, 0.2) is 6.29 Å². The van der Waals surface area contributed by atoms with Gasteiger partial charge in [0.2, 0.25) is 0 Å². The van der Waals surface area contributed by atoms with E-state index in [0.29, 0.717) is 6.42 Å². The van der Waals surface area contributed by atoms with Gasteiger partial charge in [-0.1, -0.05) is 0 Å². The van der Waals surface area contributed by atoms with Gasteiger partial charge in [0, 0.05) is 27.9 Å². The van der Waals surface area contributed by atoms with Crippen molar-refractivity contribution in [3.8, 4) is 0 Å². The van der Waals surface area contributed by atoms with Gasteiger partial charge in [-0.3, -0.25) is 0 Å². The Balaban J connectivity index is 2.78. The minimum Gasteiger partial charge on any atom is -0.396 e. The van der Waals surface area contributed by atoms with E-state index in [1.54, 1.807) is 0 Å². The SMILES string of the molecule is COC1[C@H](O)OC(CCO)[C@@H](OC)[C@H]1OC. The summed E-state index contributed by atoms with van der Waals surface area (Å²) in [7, 11) is 4.54. The van der Waals surface area contributed by atoms with E-state index in [0.717, 1.165) is 0 Å². The maximum Gasteiger partial charge on any atom is 0.184 e. The Labute approximate surface area is 95.1 Å². The van der Waals surface area contributed by atoms with E-state index in [1.807, 2.05) is 0 Å². The molecule has 6 nitrogen and oxygen atoms in total. The van der Waals surface area contributed by atoms with Crippen molar-refractivity contribution in [2.45, 2.75) is 37.1 Å². The Morgan fingerprint density at radius 1 is 1.00 bits per heavy atom. The monoisotopic (exact) mass is 236 g/mol. The first-order valence-electron chi connectivity index (χ1n) is 5.22. The lowest BCUT2D eigenvalue weighted by molar-refractivity contribution is -0.296. The molecule has 1 aliphatic heterocycles. The normalized spacial score (nSPS) is 39.9. The van der Waals surface area contributed by atoms with Gasteiger partial charge in [-0.25, -0.2) is 0 Å². The van der Waals surface area contributed by atoms with Crippen molar-refractivity contribution in [1.82, 2.24) is 0 Å². The summed E-state index contributed by atoms with van der Waals surface area (Å²) in [5.74, 6) is 0. The van der Waals surface area contributed by atoms with Gasteiger partial charge < -0.3 is 29.2 Å². The van der Waals surface area contributed by atoms with Crippen LogP contribution in [0, 0.1) is 0 Å². The average Bonchev–Trinajstić information content (AvgIpc) is 2.28. The van der Waals surface area contributed by atoms with E-state index in [-0.39, 0.29) is 12.7 Å². The van der Waals surface area contributed by atoms with E-state index < -0.39 is 24.6 Å². The second-order valence-electron chi connectivity index (χ2n) is 3.68. The van der Waals surface area contributed by atoms with Crippen molar-refractivity contribution in [1.29, 1.82) is 0 Å². The molecule has 0 aromatic heterocycles. The van der Waals surface area contributed by atoms with Crippen molar-refractivity contribution in [2.75, 3.05) is 27.9 Å². The predicted octanol–water partition coefficient (Wildman–Crippen LogP) is -0.869. The standard InChI is InChI=1S/C10H20O6/c1-13-7-6(4-5-11)16-10(12)9(15-3)8(7)14-2/h6-12H,4-5H2,1-3H3/t6?,7-,8-,9?,10-/m1/s1. The fourth-order valence-corrected chi connectivity index (χ4v) is 2.06. The molecule has 96 valence electrons. The Kier molecular flexibility index (Phi) is 5.60. The van der Waals surface area contributed by atoms with E-state index in [4.69, 9.17) is 24.1 Å². The van der Waals surface area contributed by atoms with Crippen LogP contribution in [0.1, 0.15) is 6.42 Å². The molecule has 0 bridgehead atoms. The molecule has 0 aliphatic carbocycles. The third-order valence-corrected chi connectivity index (χ3v) is 2.84. The largest absolute Gasteiger partial charge is 0.396 e. The molecular formula is C10H20O6. The molecule has 0 spiro atoms. The molecule has 1 saturated heterocycles. The third kappa shape index (κ3) is 2.71. The molecule has 1 fully saturated rings. The van der Waals surface area contributed by atoms with Gasteiger partial charge in [0.25, 0.3) is 0 Å². The van der Waals surface area contributed by atoms with Gasteiger partial charge in [0.05, 0.1) is 6.10 Å². The quantitative estimate of drug-likeness (QED) is 0.646. The minimum absolute atomic E-state index is 0.0364. The Bertz CT molecular complexity index is 200. The smallest absolute Gasteiger partial charge is 0.184 e. The molecule has 1 aliphatic rings. The summed E-state index contributed by atoms with van der Waals surface area (Å²) in [4.78, 5) is 0. The van der Waals surface area contributed by atoms with Gasteiger partial charge >= 0.3 is 0 Å². The summed E-state index contributed by atoms with van der Waals surface area (Å²) in [6.45, 7) is -0.0364. The number of ether oxygens (including phenoxy) is 4. The van der Waals surface area contributed by atoms with Crippen molar-refractivity contribution in [3.05, 3.63) is 0 Å². The van der Waals surface area contributed by atoms with Gasteiger partial charge in [-0.05, 0) is 6.42 Å². The fourth-order valence-electron chi connectivity index (χ4n) is 2.06. The molecule has 1 rings (SSSR count). The van der Waals surface area contributed by atoms with Crippen molar-refractivity contribution in [3.63, 3.8) is 0 Å².